The van der Waals surface area contributed by atoms with Crippen LogP contribution in [-0.2, 0) is 21.1 Å². The zero-order valence-electron chi connectivity index (χ0n) is 12.0. The second kappa shape index (κ2) is 6.79. The van der Waals surface area contributed by atoms with Crippen molar-refractivity contribution in [3.05, 3.63) is 34.9 Å². The maximum absolute atomic E-state index is 12.0. The molecule has 0 bridgehead atoms. The predicted octanol–water partition coefficient (Wildman–Crippen LogP) is 2.21. The van der Waals surface area contributed by atoms with Crippen LogP contribution < -0.4 is 5.32 Å². The summed E-state index contributed by atoms with van der Waals surface area (Å²) >= 11 is 6.09. The van der Waals surface area contributed by atoms with Gasteiger partial charge in [0.05, 0.1) is 11.5 Å². The first-order valence-corrected chi connectivity index (χ1v) is 9.29. The molecule has 0 saturated carbocycles. The van der Waals surface area contributed by atoms with Crippen molar-refractivity contribution in [3.8, 4) is 0 Å². The van der Waals surface area contributed by atoms with Gasteiger partial charge < -0.3 is 5.32 Å². The molecule has 1 saturated heterocycles. The molecule has 1 N–H and O–H groups in total. The van der Waals surface area contributed by atoms with E-state index in [0.717, 1.165) is 5.56 Å². The fourth-order valence-corrected chi connectivity index (χ4v) is 4.75. The molecule has 6 heteroatoms. The SMILES string of the molecule is C[C@@H](Cc1ccccc1Cl)NC(=O)C[C@@H]1CCS(=O)(=O)C1. The Balaban J connectivity index is 1.81. The highest BCUT2D eigenvalue weighted by Crippen LogP contribution is 2.21. The second-order valence-corrected chi connectivity index (χ2v) is 8.37. The lowest BCUT2D eigenvalue weighted by molar-refractivity contribution is -0.122. The first-order valence-electron chi connectivity index (χ1n) is 7.09. The molecule has 4 nitrogen and oxygen atoms in total. The quantitative estimate of drug-likeness (QED) is 0.900. The number of hydrogen-bond acceptors (Lipinski definition) is 3. The number of sulfone groups is 1. The monoisotopic (exact) mass is 329 g/mol. The molecule has 0 spiro atoms. The number of benzene rings is 1. The van der Waals surface area contributed by atoms with Crippen molar-refractivity contribution < 1.29 is 13.2 Å². The van der Waals surface area contributed by atoms with Gasteiger partial charge in [0.15, 0.2) is 9.84 Å². The minimum Gasteiger partial charge on any atom is -0.353 e. The van der Waals surface area contributed by atoms with Gasteiger partial charge in [0.1, 0.15) is 0 Å². The number of rotatable bonds is 5. The predicted molar refractivity (Wildman–Crippen MR) is 84.1 cm³/mol. The Labute approximate surface area is 130 Å². The number of nitrogens with one attached hydrogen (secondary N) is 1. The van der Waals surface area contributed by atoms with Crippen LogP contribution in [-0.4, -0.2) is 31.9 Å². The van der Waals surface area contributed by atoms with E-state index < -0.39 is 9.84 Å². The Bertz CT molecular complexity index is 615. The van der Waals surface area contributed by atoms with Crippen molar-refractivity contribution in [1.82, 2.24) is 5.32 Å². The number of amides is 1. The largest absolute Gasteiger partial charge is 0.353 e. The van der Waals surface area contributed by atoms with E-state index in [1.165, 1.54) is 0 Å². The first-order chi connectivity index (χ1) is 9.85. The summed E-state index contributed by atoms with van der Waals surface area (Å²) in [5.74, 6) is 0.221. The van der Waals surface area contributed by atoms with Crippen LogP contribution in [0.1, 0.15) is 25.3 Å². The molecule has 116 valence electrons. The molecule has 0 unspecified atom stereocenters. The van der Waals surface area contributed by atoms with E-state index >= 15 is 0 Å². The normalized spacial score (nSPS) is 21.9. The van der Waals surface area contributed by atoms with Crippen molar-refractivity contribution in [1.29, 1.82) is 0 Å². The summed E-state index contributed by atoms with van der Waals surface area (Å²) in [6.07, 6.45) is 1.54. The first kappa shape index (κ1) is 16.3. The summed E-state index contributed by atoms with van der Waals surface area (Å²) < 4.78 is 22.8. The molecule has 1 fully saturated rings. The van der Waals surface area contributed by atoms with E-state index in [2.05, 4.69) is 5.32 Å². The average Bonchev–Trinajstić information content (AvgIpc) is 2.71. The van der Waals surface area contributed by atoms with Crippen molar-refractivity contribution in [2.24, 2.45) is 5.92 Å². The van der Waals surface area contributed by atoms with Gasteiger partial charge in [-0.3, -0.25) is 4.79 Å². The molecule has 1 aromatic carbocycles. The summed E-state index contributed by atoms with van der Waals surface area (Å²) in [7, 11) is -2.92. The third-order valence-corrected chi connectivity index (χ3v) is 5.90. The van der Waals surface area contributed by atoms with Gasteiger partial charge in [-0.05, 0) is 37.3 Å². The van der Waals surface area contributed by atoms with Crippen LogP contribution in [0.15, 0.2) is 24.3 Å². The molecule has 1 aliphatic rings. The van der Waals surface area contributed by atoms with E-state index in [0.29, 0.717) is 17.9 Å². The molecule has 1 heterocycles. The Morgan fingerprint density at radius 3 is 2.76 bits per heavy atom. The minimum absolute atomic E-state index is 0.0320. The van der Waals surface area contributed by atoms with Crippen LogP contribution in [0.4, 0.5) is 0 Å². The third-order valence-electron chi connectivity index (χ3n) is 3.69. The molecular formula is C15H20ClNO3S. The highest BCUT2D eigenvalue weighted by molar-refractivity contribution is 7.91. The molecule has 1 aliphatic heterocycles. The molecule has 21 heavy (non-hydrogen) atoms. The molecule has 1 aromatic rings. The zero-order chi connectivity index (χ0) is 15.5. The van der Waals surface area contributed by atoms with Crippen LogP contribution in [0.5, 0.6) is 0 Å². The molecule has 0 aliphatic carbocycles. The maximum atomic E-state index is 12.0. The molecule has 0 radical (unpaired) electrons. The second-order valence-electron chi connectivity index (χ2n) is 5.74. The zero-order valence-corrected chi connectivity index (χ0v) is 13.6. The van der Waals surface area contributed by atoms with Crippen molar-refractivity contribution in [3.63, 3.8) is 0 Å². The third kappa shape index (κ3) is 5.00. The van der Waals surface area contributed by atoms with Gasteiger partial charge in [0.25, 0.3) is 0 Å². The van der Waals surface area contributed by atoms with Gasteiger partial charge >= 0.3 is 0 Å². The van der Waals surface area contributed by atoms with Crippen LogP contribution >= 0.6 is 11.6 Å². The fraction of sp³-hybridized carbons (Fsp3) is 0.533. The summed E-state index contributed by atoms with van der Waals surface area (Å²) in [4.78, 5) is 12.0. The Hall–Kier alpha value is -1.07. The number of carbonyl (C=O) groups is 1. The lowest BCUT2D eigenvalue weighted by Gasteiger charge is -2.16. The molecular weight excluding hydrogens is 310 g/mol. The van der Waals surface area contributed by atoms with E-state index in [4.69, 9.17) is 11.6 Å². The van der Waals surface area contributed by atoms with Gasteiger partial charge in [-0.1, -0.05) is 29.8 Å². The Morgan fingerprint density at radius 1 is 1.43 bits per heavy atom. The van der Waals surface area contributed by atoms with Crippen molar-refractivity contribution in [2.75, 3.05) is 11.5 Å². The molecule has 2 atom stereocenters. The molecule has 1 amide bonds. The van der Waals surface area contributed by atoms with E-state index in [1.807, 2.05) is 31.2 Å². The maximum Gasteiger partial charge on any atom is 0.220 e. The van der Waals surface area contributed by atoms with E-state index in [-0.39, 0.29) is 35.8 Å². The highest BCUT2D eigenvalue weighted by Gasteiger charge is 2.29. The number of halogens is 1. The number of carbonyl (C=O) groups excluding carboxylic acids is 1. The van der Waals surface area contributed by atoms with E-state index in [1.54, 1.807) is 0 Å². The Morgan fingerprint density at radius 2 is 2.14 bits per heavy atom. The van der Waals surface area contributed by atoms with Crippen LogP contribution in [0.3, 0.4) is 0 Å². The lowest BCUT2D eigenvalue weighted by Crippen LogP contribution is -2.35. The highest BCUT2D eigenvalue weighted by atomic mass is 35.5. The van der Waals surface area contributed by atoms with E-state index in [9.17, 15) is 13.2 Å². The van der Waals surface area contributed by atoms with Gasteiger partial charge in [-0.25, -0.2) is 8.42 Å². The minimum atomic E-state index is -2.92. The van der Waals surface area contributed by atoms with Gasteiger partial charge in [0.2, 0.25) is 5.91 Å². The Kier molecular flexibility index (Phi) is 5.27. The van der Waals surface area contributed by atoms with Gasteiger partial charge in [0, 0.05) is 17.5 Å². The topological polar surface area (TPSA) is 63.2 Å². The smallest absolute Gasteiger partial charge is 0.220 e. The summed E-state index contributed by atoms with van der Waals surface area (Å²) in [5.41, 5.74) is 0.996. The van der Waals surface area contributed by atoms with Gasteiger partial charge in [-0.2, -0.15) is 0 Å². The molecule has 0 aromatic heterocycles. The van der Waals surface area contributed by atoms with Crippen LogP contribution in [0, 0.1) is 5.92 Å². The fourth-order valence-electron chi connectivity index (χ4n) is 2.67. The summed E-state index contributed by atoms with van der Waals surface area (Å²) in [6, 6.07) is 7.52. The van der Waals surface area contributed by atoms with Crippen LogP contribution in [0.2, 0.25) is 5.02 Å². The summed E-state index contributed by atoms with van der Waals surface area (Å²) in [6.45, 7) is 1.92. The van der Waals surface area contributed by atoms with Gasteiger partial charge in [-0.15, -0.1) is 0 Å². The standard InChI is InChI=1S/C15H20ClNO3S/c1-11(8-13-4-2-3-5-14(13)16)17-15(18)9-12-6-7-21(19,20)10-12/h2-5,11-12H,6-10H2,1H3,(H,17,18)/t11-,12-/m0/s1. The number of hydrogen-bond donors (Lipinski definition) is 1. The average molecular weight is 330 g/mol. The van der Waals surface area contributed by atoms with Crippen molar-refractivity contribution in [2.45, 2.75) is 32.2 Å². The van der Waals surface area contributed by atoms with Crippen molar-refractivity contribution >= 4 is 27.3 Å². The summed E-state index contributed by atoms with van der Waals surface area (Å²) in [5, 5.41) is 3.61. The lowest BCUT2D eigenvalue weighted by atomic mass is 10.0. The molecule has 2 rings (SSSR count). The van der Waals surface area contributed by atoms with Crippen LogP contribution in [0.25, 0.3) is 0 Å².